The highest BCUT2D eigenvalue weighted by molar-refractivity contribution is 6.14. The van der Waals surface area contributed by atoms with Crippen LogP contribution in [0.3, 0.4) is 0 Å². The summed E-state index contributed by atoms with van der Waals surface area (Å²) in [6.45, 7) is 2.53. The number of benzene rings is 1. The van der Waals surface area contributed by atoms with Crippen molar-refractivity contribution in [1.29, 1.82) is 0 Å². The number of nitrogens with zero attached hydrogens (tertiary/aromatic N) is 1. The van der Waals surface area contributed by atoms with Gasteiger partial charge < -0.3 is 4.74 Å². The van der Waals surface area contributed by atoms with Crippen molar-refractivity contribution in [3.05, 3.63) is 53.4 Å². The minimum Gasteiger partial charge on any atom is -0.490 e. The Balaban J connectivity index is 2.13. The number of Topliss-reactive ketones (excluding diaryl/α,β-unsaturated/α-hetero) is 1. The summed E-state index contributed by atoms with van der Waals surface area (Å²) in [7, 11) is 0. The standard InChI is InChI=1S/C16H15NO2/c1-11-10-13(12-6-2-3-7-14(12)17-11)16(18)15-8-4-5-9-19-15/h2-3,6-8,10H,4-5,9H2,1H3. The van der Waals surface area contributed by atoms with Gasteiger partial charge in [-0.3, -0.25) is 9.78 Å². The van der Waals surface area contributed by atoms with Crippen LogP contribution >= 0.6 is 0 Å². The molecule has 0 spiro atoms. The molecule has 0 aliphatic carbocycles. The van der Waals surface area contributed by atoms with E-state index in [-0.39, 0.29) is 5.78 Å². The highest BCUT2D eigenvalue weighted by atomic mass is 16.5. The second-order valence-electron chi connectivity index (χ2n) is 4.72. The molecule has 0 saturated carbocycles. The predicted molar refractivity (Wildman–Crippen MR) is 74.1 cm³/mol. The number of carbonyl (C=O) groups excluding carboxylic acids is 1. The summed E-state index contributed by atoms with van der Waals surface area (Å²) < 4.78 is 5.47. The van der Waals surface area contributed by atoms with E-state index in [1.54, 1.807) is 0 Å². The van der Waals surface area contributed by atoms with Crippen LogP contribution in [0.25, 0.3) is 10.9 Å². The predicted octanol–water partition coefficient (Wildman–Crippen LogP) is 3.42. The zero-order valence-corrected chi connectivity index (χ0v) is 10.8. The zero-order valence-electron chi connectivity index (χ0n) is 10.8. The molecule has 0 radical (unpaired) electrons. The van der Waals surface area contributed by atoms with Crippen LogP contribution < -0.4 is 0 Å². The topological polar surface area (TPSA) is 39.2 Å². The summed E-state index contributed by atoms with van der Waals surface area (Å²) in [5.74, 6) is 0.434. The normalized spacial score (nSPS) is 14.9. The van der Waals surface area contributed by atoms with Crippen LogP contribution in [0.1, 0.15) is 28.9 Å². The summed E-state index contributed by atoms with van der Waals surface area (Å²) in [6.07, 6.45) is 3.77. The fourth-order valence-electron chi connectivity index (χ4n) is 2.34. The smallest absolute Gasteiger partial charge is 0.227 e. The third-order valence-electron chi connectivity index (χ3n) is 3.25. The molecule has 0 atom stereocenters. The van der Waals surface area contributed by atoms with E-state index in [0.717, 1.165) is 29.4 Å². The number of ether oxygens (including phenoxy) is 1. The summed E-state index contributed by atoms with van der Waals surface area (Å²) in [5, 5.41) is 0.883. The van der Waals surface area contributed by atoms with Gasteiger partial charge in [0.2, 0.25) is 5.78 Å². The maximum absolute atomic E-state index is 12.5. The molecule has 0 bridgehead atoms. The first-order valence-electron chi connectivity index (χ1n) is 6.50. The van der Waals surface area contributed by atoms with E-state index in [1.807, 2.05) is 43.3 Å². The third-order valence-corrected chi connectivity index (χ3v) is 3.25. The molecule has 0 saturated heterocycles. The Kier molecular flexibility index (Phi) is 3.03. The molecular formula is C16H15NO2. The fraction of sp³-hybridized carbons (Fsp3) is 0.250. The van der Waals surface area contributed by atoms with Crippen LogP contribution in [-0.2, 0) is 4.74 Å². The molecule has 2 heterocycles. The maximum atomic E-state index is 12.5. The summed E-state index contributed by atoms with van der Waals surface area (Å²) >= 11 is 0. The van der Waals surface area contributed by atoms with Gasteiger partial charge in [-0.2, -0.15) is 0 Å². The summed E-state index contributed by atoms with van der Waals surface area (Å²) in [6, 6.07) is 9.54. The van der Waals surface area contributed by atoms with Crippen LogP contribution in [0.4, 0.5) is 0 Å². The molecular weight excluding hydrogens is 238 g/mol. The van der Waals surface area contributed by atoms with E-state index in [4.69, 9.17) is 4.74 Å². The summed E-state index contributed by atoms with van der Waals surface area (Å²) in [5.41, 5.74) is 2.37. The van der Waals surface area contributed by atoms with Crippen LogP contribution in [0, 0.1) is 6.92 Å². The van der Waals surface area contributed by atoms with Gasteiger partial charge in [0.15, 0.2) is 5.76 Å². The molecule has 0 unspecified atom stereocenters. The van der Waals surface area contributed by atoms with Crippen molar-refractivity contribution in [3.8, 4) is 0 Å². The molecule has 1 aromatic carbocycles. The number of aryl methyl sites for hydroxylation is 1. The number of hydrogen-bond acceptors (Lipinski definition) is 3. The number of ketones is 1. The first-order chi connectivity index (χ1) is 9.25. The Hall–Kier alpha value is -2.16. The molecule has 3 heteroatoms. The molecule has 0 N–H and O–H groups in total. The molecule has 19 heavy (non-hydrogen) atoms. The van der Waals surface area contributed by atoms with Gasteiger partial charge in [-0.15, -0.1) is 0 Å². The Labute approximate surface area is 111 Å². The number of hydrogen-bond donors (Lipinski definition) is 0. The fourth-order valence-corrected chi connectivity index (χ4v) is 2.34. The molecule has 0 fully saturated rings. The molecule has 1 aromatic heterocycles. The van der Waals surface area contributed by atoms with Gasteiger partial charge >= 0.3 is 0 Å². The largest absolute Gasteiger partial charge is 0.490 e. The Morgan fingerprint density at radius 2 is 2.16 bits per heavy atom. The van der Waals surface area contributed by atoms with Crippen molar-refractivity contribution in [2.24, 2.45) is 0 Å². The van der Waals surface area contributed by atoms with Crippen molar-refractivity contribution < 1.29 is 9.53 Å². The number of pyridine rings is 1. The van der Waals surface area contributed by atoms with Crippen molar-refractivity contribution >= 4 is 16.7 Å². The number of carbonyl (C=O) groups is 1. The van der Waals surface area contributed by atoms with Crippen LogP contribution in [0.2, 0.25) is 0 Å². The zero-order chi connectivity index (χ0) is 13.2. The minimum atomic E-state index is -0.0404. The van der Waals surface area contributed by atoms with E-state index >= 15 is 0 Å². The molecule has 3 rings (SSSR count). The van der Waals surface area contributed by atoms with Gasteiger partial charge in [0.05, 0.1) is 12.1 Å². The van der Waals surface area contributed by atoms with E-state index in [2.05, 4.69) is 4.98 Å². The van der Waals surface area contributed by atoms with E-state index in [9.17, 15) is 4.79 Å². The van der Waals surface area contributed by atoms with Crippen molar-refractivity contribution in [1.82, 2.24) is 4.98 Å². The first-order valence-corrected chi connectivity index (χ1v) is 6.50. The quantitative estimate of drug-likeness (QED) is 0.770. The SMILES string of the molecule is Cc1cc(C(=O)C2=CCCCO2)c2ccccc2n1. The third kappa shape index (κ3) is 2.24. The Morgan fingerprint density at radius 1 is 1.32 bits per heavy atom. The average Bonchev–Trinajstić information content (AvgIpc) is 2.46. The number of aromatic nitrogens is 1. The lowest BCUT2D eigenvalue weighted by Crippen LogP contribution is -2.12. The van der Waals surface area contributed by atoms with Crippen molar-refractivity contribution in [2.45, 2.75) is 19.8 Å². The maximum Gasteiger partial charge on any atom is 0.227 e. The lowest BCUT2D eigenvalue weighted by Gasteiger charge is -2.15. The number of fused-ring (bicyclic) bond motifs is 1. The lowest BCUT2D eigenvalue weighted by atomic mass is 10.0. The van der Waals surface area contributed by atoms with Gasteiger partial charge in [0, 0.05) is 16.6 Å². The number of para-hydroxylation sites is 1. The Bertz CT molecular complexity index is 674. The molecule has 3 nitrogen and oxygen atoms in total. The Morgan fingerprint density at radius 3 is 2.95 bits per heavy atom. The molecule has 1 aliphatic heterocycles. The number of allylic oxidation sites excluding steroid dienone is 2. The highest BCUT2D eigenvalue weighted by Gasteiger charge is 2.19. The molecule has 2 aromatic rings. The molecule has 0 amide bonds. The first kappa shape index (κ1) is 11.9. The molecule has 1 aliphatic rings. The van der Waals surface area contributed by atoms with Crippen LogP contribution in [0.15, 0.2) is 42.2 Å². The minimum absolute atomic E-state index is 0.0404. The van der Waals surface area contributed by atoms with Gasteiger partial charge in [-0.1, -0.05) is 18.2 Å². The second-order valence-corrected chi connectivity index (χ2v) is 4.72. The average molecular weight is 253 g/mol. The number of rotatable bonds is 2. The molecule has 96 valence electrons. The van der Waals surface area contributed by atoms with Gasteiger partial charge in [-0.25, -0.2) is 0 Å². The van der Waals surface area contributed by atoms with Crippen molar-refractivity contribution in [3.63, 3.8) is 0 Å². The summed E-state index contributed by atoms with van der Waals surface area (Å²) in [4.78, 5) is 17.0. The van der Waals surface area contributed by atoms with E-state index in [0.29, 0.717) is 17.9 Å². The highest BCUT2D eigenvalue weighted by Crippen LogP contribution is 2.23. The van der Waals surface area contributed by atoms with E-state index < -0.39 is 0 Å². The van der Waals surface area contributed by atoms with Gasteiger partial charge in [0.25, 0.3) is 0 Å². The van der Waals surface area contributed by atoms with Gasteiger partial charge in [0.1, 0.15) is 0 Å². The van der Waals surface area contributed by atoms with Crippen LogP contribution in [-0.4, -0.2) is 17.4 Å². The van der Waals surface area contributed by atoms with Crippen molar-refractivity contribution in [2.75, 3.05) is 6.61 Å². The second kappa shape index (κ2) is 4.84. The van der Waals surface area contributed by atoms with E-state index in [1.165, 1.54) is 0 Å². The van der Waals surface area contributed by atoms with Gasteiger partial charge in [-0.05, 0) is 38.0 Å². The lowest BCUT2D eigenvalue weighted by molar-refractivity contribution is 0.0900. The monoisotopic (exact) mass is 253 g/mol. The van der Waals surface area contributed by atoms with Crippen LogP contribution in [0.5, 0.6) is 0 Å².